The summed E-state index contributed by atoms with van der Waals surface area (Å²) in [6, 6.07) is 10.9. The summed E-state index contributed by atoms with van der Waals surface area (Å²) < 4.78 is 0. The highest BCUT2D eigenvalue weighted by Gasteiger charge is 2.35. The molecule has 3 unspecified atom stereocenters. The number of likely N-dealkylation sites (tertiary alicyclic amines) is 1. The van der Waals surface area contributed by atoms with Crippen molar-refractivity contribution >= 4 is 5.78 Å². The Labute approximate surface area is 104 Å². The minimum absolute atomic E-state index is 0.0569. The zero-order chi connectivity index (χ0) is 12.4. The van der Waals surface area contributed by atoms with E-state index in [0.29, 0.717) is 17.7 Å². The van der Waals surface area contributed by atoms with Crippen molar-refractivity contribution in [3.63, 3.8) is 0 Å². The molecule has 1 aliphatic heterocycles. The number of rotatable bonds is 2. The predicted octanol–water partition coefficient (Wildman–Crippen LogP) is 2.87. The van der Waals surface area contributed by atoms with Crippen LogP contribution in [0.4, 0.5) is 0 Å². The van der Waals surface area contributed by atoms with Crippen LogP contribution in [0.15, 0.2) is 30.3 Å². The number of carbonyl (C=O) groups is 1. The Kier molecular flexibility index (Phi) is 3.63. The molecule has 3 atom stereocenters. The first-order chi connectivity index (χ1) is 8.09. The molecular weight excluding hydrogens is 210 g/mol. The summed E-state index contributed by atoms with van der Waals surface area (Å²) in [4.78, 5) is 14.2. The Balaban J connectivity index is 2.15. The normalized spacial score (nSPS) is 30.5. The van der Waals surface area contributed by atoms with Gasteiger partial charge in [0.25, 0.3) is 0 Å². The first kappa shape index (κ1) is 12.3. The highest BCUT2D eigenvalue weighted by Crippen LogP contribution is 2.26. The molecule has 2 heteroatoms. The van der Waals surface area contributed by atoms with E-state index in [4.69, 9.17) is 0 Å². The zero-order valence-electron chi connectivity index (χ0n) is 10.9. The van der Waals surface area contributed by atoms with E-state index in [2.05, 4.69) is 43.0 Å². The van der Waals surface area contributed by atoms with E-state index in [1.54, 1.807) is 0 Å². The van der Waals surface area contributed by atoms with Gasteiger partial charge < -0.3 is 0 Å². The third-order valence-electron chi connectivity index (χ3n) is 4.04. The summed E-state index contributed by atoms with van der Waals surface area (Å²) in [6.45, 7) is 7.32. The molecule has 1 heterocycles. The smallest absolute Gasteiger partial charge is 0.150 e. The summed E-state index contributed by atoms with van der Waals surface area (Å²) in [5.41, 5.74) is 1.29. The van der Waals surface area contributed by atoms with Crippen LogP contribution >= 0.6 is 0 Å². The highest BCUT2D eigenvalue weighted by molar-refractivity contribution is 5.84. The van der Waals surface area contributed by atoms with Crippen molar-refractivity contribution < 1.29 is 4.79 Å². The zero-order valence-corrected chi connectivity index (χ0v) is 10.9. The first-order valence-electron chi connectivity index (χ1n) is 6.42. The van der Waals surface area contributed by atoms with Crippen molar-refractivity contribution in [2.24, 2.45) is 5.92 Å². The van der Waals surface area contributed by atoms with Crippen LogP contribution in [0.5, 0.6) is 0 Å². The number of carbonyl (C=O) groups excluding carboxylic acids is 1. The number of benzene rings is 1. The number of hydrogen-bond donors (Lipinski definition) is 0. The molecule has 1 aromatic rings. The van der Waals surface area contributed by atoms with Crippen molar-refractivity contribution in [2.45, 2.75) is 45.8 Å². The largest absolute Gasteiger partial charge is 0.298 e. The minimum atomic E-state index is 0.0569. The Bertz CT molecular complexity index is 387. The van der Waals surface area contributed by atoms with E-state index in [1.165, 1.54) is 5.56 Å². The van der Waals surface area contributed by atoms with E-state index in [0.717, 1.165) is 13.0 Å². The predicted molar refractivity (Wildman–Crippen MR) is 69.7 cm³/mol. The number of ketones is 1. The lowest BCUT2D eigenvalue weighted by Gasteiger charge is -2.41. The maximum Gasteiger partial charge on any atom is 0.150 e. The van der Waals surface area contributed by atoms with Gasteiger partial charge in [0.15, 0.2) is 0 Å². The van der Waals surface area contributed by atoms with Gasteiger partial charge in [-0.1, -0.05) is 37.3 Å². The lowest BCUT2D eigenvalue weighted by molar-refractivity contribution is -0.130. The van der Waals surface area contributed by atoms with Gasteiger partial charge in [-0.25, -0.2) is 0 Å². The maximum atomic E-state index is 11.9. The Morgan fingerprint density at radius 2 is 1.82 bits per heavy atom. The molecule has 1 fully saturated rings. The molecule has 0 amide bonds. The second kappa shape index (κ2) is 5.01. The fourth-order valence-corrected chi connectivity index (χ4v) is 2.60. The number of Topliss-reactive ketones (excluding diaryl/α,β-unsaturated/α-hetero) is 1. The van der Waals surface area contributed by atoms with Crippen molar-refractivity contribution in [1.82, 2.24) is 4.90 Å². The fraction of sp³-hybridized carbons (Fsp3) is 0.533. The third kappa shape index (κ3) is 2.58. The van der Waals surface area contributed by atoms with Crippen LogP contribution in [0.1, 0.15) is 32.8 Å². The Hall–Kier alpha value is -1.15. The molecule has 0 bridgehead atoms. The average Bonchev–Trinajstić information content (AvgIpc) is 2.33. The molecule has 0 aromatic heterocycles. The van der Waals surface area contributed by atoms with Gasteiger partial charge in [-0.3, -0.25) is 9.69 Å². The molecule has 17 heavy (non-hydrogen) atoms. The number of piperidine rings is 1. The second-order valence-electron chi connectivity index (χ2n) is 5.22. The lowest BCUT2D eigenvalue weighted by Crippen LogP contribution is -2.51. The van der Waals surface area contributed by atoms with E-state index >= 15 is 0 Å². The summed E-state index contributed by atoms with van der Waals surface area (Å²) >= 11 is 0. The molecule has 1 aliphatic rings. The molecule has 0 spiro atoms. The summed E-state index contributed by atoms with van der Waals surface area (Å²) in [6.07, 6.45) is 0.730. The van der Waals surface area contributed by atoms with E-state index in [9.17, 15) is 4.79 Å². The number of nitrogens with zero attached hydrogens (tertiary/aromatic N) is 1. The topological polar surface area (TPSA) is 20.3 Å². The Morgan fingerprint density at radius 3 is 2.47 bits per heavy atom. The molecule has 0 N–H and O–H groups in total. The van der Waals surface area contributed by atoms with Crippen LogP contribution in [0, 0.1) is 5.92 Å². The Morgan fingerprint density at radius 1 is 1.18 bits per heavy atom. The van der Waals surface area contributed by atoms with E-state index in [1.807, 2.05) is 13.0 Å². The van der Waals surface area contributed by atoms with Gasteiger partial charge in [-0.05, 0) is 25.3 Å². The summed E-state index contributed by atoms with van der Waals surface area (Å²) in [7, 11) is 0. The molecule has 0 radical (unpaired) electrons. The SMILES string of the molecule is CC1CC(=O)C(C)N(Cc2ccccc2)C1C. The average molecular weight is 231 g/mol. The first-order valence-corrected chi connectivity index (χ1v) is 6.42. The van der Waals surface area contributed by atoms with Crippen LogP contribution in [0.25, 0.3) is 0 Å². The van der Waals surface area contributed by atoms with Gasteiger partial charge in [0, 0.05) is 19.0 Å². The van der Waals surface area contributed by atoms with Crippen LogP contribution in [0.2, 0.25) is 0 Å². The maximum absolute atomic E-state index is 11.9. The van der Waals surface area contributed by atoms with Gasteiger partial charge >= 0.3 is 0 Å². The number of hydrogen-bond acceptors (Lipinski definition) is 2. The van der Waals surface area contributed by atoms with Crippen LogP contribution < -0.4 is 0 Å². The third-order valence-corrected chi connectivity index (χ3v) is 4.04. The van der Waals surface area contributed by atoms with Gasteiger partial charge in [-0.15, -0.1) is 0 Å². The molecule has 0 saturated carbocycles. The molecular formula is C15H21NO. The van der Waals surface area contributed by atoms with Gasteiger partial charge in [0.05, 0.1) is 6.04 Å². The van der Waals surface area contributed by atoms with Crippen LogP contribution in [0.3, 0.4) is 0 Å². The van der Waals surface area contributed by atoms with E-state index < -0.39 is 0 Å². The molecule has 2 rings (SSSR count). The van der Waals surface area contributed by atoms with Gasteiger partial charge in [0.2, 0.25) is 0 Å². The fourth-order valence-electron chi connectivity index (χ4n) is 2.60. The molecule has 92 valence electrons. The summed E-state index contributed by atoms with van der Waals surface area (Å²) in [5, 5.41) is 0. The lowest BCUT2D eigenvalue weighted by atomic mass is 9.87. The molecule has 1 saturated heterocycles. The minimum Gasteiger partial charge on any atom is -0.298 e. The van der Waals surface area contributed by atoms with Gasteiger partial charge in [0.1, 0.15) is 5.78 Å². The van der Waals surface area contributed by atoms with Crippen LogP contribution in [-0.2, 0) is 11.3 Å². The standard InChI is InChI=1S/C15H21NO/c1-11-9-15(17)13(3)16(12(11)2)10-14-7-5-4-6-8-14/h4-8,11-13H,9-10H2,1-3H3. The van der Waals surface area contributed by atoms with Crippen LogP contribution in [-0.4, -0.2) is 22.8 Å². The summed E-state index contributed by atoms with van der Waals surface area (Å²) in [5.74, 6) is 0.842. The van der Waals surface area contributed by atoms with Crippen molar-refractivity contribution in [1.29, 1.82) is 0 Å². The van der Waals surface area contributed by atoms with Crippen molar-refractivity contribution in [2.75, 3.05) is 0 Å². The quantitative estimate of drug-likeness (QED) is 0.780. The molecule has 0 aliphatic carbocycles. The van der Waals surface area contributed by atoms with E-state index in [-0.39, 0.29) is 6.04 Å². The van der Waals surface area contributed by atoms with Crippen molar-refractivity contribution in [3.05, 3.63) is 35.9 Å². The molecule has 2 nitrogen and oxygen atoms in total. The van der Waals surface area contributed by atoms with Crippen molar-refractivity contribution in [3.8, 4) is 0 Å². The second-order valence-corrected chi connectivity index (χ2v) is 5.22. The highest BCUT2D eigenvalue weighted by atomic mass is 16.1. The monoisotopic (exact) mass is 231 g/mol. The molecule has 1 aromatic carbocycles. The van der Waals surface area contributed by atoms with Gasteiger partial charge in [-0.2, -0.15) is 0 Å².